The van der Waals surface area contributed by atoms with Gasteiger partial charge in [0.15, 0.2) is 5.82 Å². The number of nitrogens with zero attached hydrogens (tertiary/aromatic N) is 7. The van der Waals surface area contributed by atoms with Crippen LogP contribution in [0.5, 0.6) is 5.75 Å². The fourth-order valence-corrected chi connectivity index (χ4v) is 5.24. The number of ether oxygens (including phenoxy) is 1. The number of benzene rings is 2. The summed E-state index contributed by atoms with van der Waals surface area (Å²) in [5, 5.41) is 13.4. The number of fused-ring (bicyclic) bond motifs is 1. The summed E-state index contributed by atoms with van der Waals surface area (Å²) in [5.74, 6) is 1.48. The Bertz CT molecular complexity index is 1630. The fourth-order valence-electron chi connectivity index (χ4n) is 5.24. The molecule has 0 fully saturated rings. The molecule has 1 aliphatic heterocycles. The van der Waals surface area contributed by atoms with Gasteiger partial charge in [-0.25, -0.2) is 0 Å². The van der Waals surface area contributed by atoms with Crippen LogP contribution in [0.1, 0.15) is 27.3 Å². The predicted molar refractivity (Wildman–Crippen MR) is 144 cm³/mol. The Labute approximate surface area is 220 Å². The van der Waals surface area contributed by atoms with Gasteiger partial charge in [-0.05, 0) is 55.0 Å². The second-order valence-corrected chi connectivity index (χ2v) is 9.55. The number of para-hydroxylation sites is 1. The first-order valence-electron chi connectivity index (χ1n) is 12.6. The summed E-state index contributed by atoms with van der Waals surface area (Å²) in [5.41, 5.74) is 7.51. The van der Waals surface area contributed by atoms with Gasteiger partial charge in [0.05, 0.1) is 19.2 Å². The standard InChI is InChI=1S/C29H29N7O2/c1-19-23(16-26(33(19)2)20-10-12-22(38-4)13-11-20)29(37)35-15-14-25-24(17-35)27(32-34(25)3)28-31-30-18-36(28)21-8-6-5-7-9-21/h5-13,16,18H,14-15,17H2,1-4H3. The largest absolute Gasteiger partial charge is 0.497 e. The van der Waals surface area contributed by atoms with Crippen molar-refractivity contribution >= 4 is 5.91 Å². The summed E-state index contributed by atoms with van der Waals surface area (Å²) in [6.45, 7) is 3.08. The molecule has 0 spiro atoms. The normalized spacial score (nSPS) is 13.0. The van der Waals surface area contributed by atoms with Crippen molar-refractivity contribution in [3.05, 3.63) is 89.5 Å². The van der Waals surface area contributed by atoms with Gasteiger partial charge in [-0.1, -0.05) is 18.2 Å². The third-order valence-electron chi connectivity index (χ3n) is 7.47. The summed E-state index contributed by atoms with van der Waals surface area (Å²) in [4.78, 5) is 15.8. The van der Waals surface area contributed by atoms with Crippen molar-refractivity contribution in [2.24, 2.45) is 14.1 Å². The Morgan fingerprint density at radius 1 is 1.03 bits per heavy atom. The number of amides is 1. The molecule has 0 unspecified atom stereocenters. The zero-order chi connectivity index (χ0) is 26.4. The van der Waals surface area contributed by atoms with E-state index in [-0.39, 0.29) is 5.91 Å². The highest BCUT2D eigenvalue weighted by atomic mass is 16.5. The van der Waals surface area contributed by atoms with Crippen LogP contribution < -0.4 is 4.74 Å². The van der Waals surface area contributed by atoms with Crippen LogP contribution in [-0.2, 0) is 27.1 Å². The van der Waals surface area contributed by atoms with Crippen LogP contribution in [-0.4, -0.2) is 53.6 Å². The highest BCUT2D eigenvalue weighted by molar-refractivity contribution is 5.97. The molecule has 3 aromatic heterocycles. The lowest BCUT2D eigenvalue weighted by molar-refractivity contribution is 0.0733. The summed E-state index contributed by atoms with van der Waals surface area (Å²) < 4.78 is 11.2. The molecule has 2 aromatic carbocycles. The number of rotatable bonds is 5. The average Bonchev–Trinajstić information content (AvgIpc) is 3.65. The fraction of sp³-hybridized carbons (Fsp3) is 0.241. The Morgan fingerprint density at radius 3 is 2.53 bits per heavy atom. The lowest BCUT2D eigenvalue weighted by Crippen LogP contribution is -2.36. The van der Waals surface area contributed by atoms with Gasteiger partial charge in [-0.3, -0.25) is 14.0 Å². The van der Waals surface area contributed by atoms with Crippen LogP contribution in [0.15, 0.2) is 67.0 Å². The lowest BCUT2D eigenvalue weighted by Gasteiger charge is -2.27. The van der Waals surface area contributed by atoms with Gasteiger partial charge < -0.3 is 14.2 Å². The van der Waals surface area contributed by atoms with E-state index in [0.717, 1.165) is 51.8 Å². The van der Waals surface area contributed by atoms with Gasteiger partial charge in [0.2, 0.25) is 0 Å². The first kappa shape index (κ1) is 23.7. The van der Waals surface area contributed by atoms with Crippen LogP contribution in [0, 0.1) is 6.92 Å². The monoisotopic (exact) mass is 507 g/mol. The Morgan fingerprint density at radius 2 is 1.79 bits per heavy atom. The average molecular weight is 508 g/mol. The first-order chi connectivity index (χ1) is 18.5. The lowest BCUT2D eigenvalue weighted by atomic mass is 10.0. The van der Waals surface area contributed by atoms with Crippen LogP contribution >= 0.6 is 0 Å². The van der Waals surface area contributed by atoms with E-state index < -0.39 is 0 Å². The number of methoxy groups -OCH3 is 1. The minimum atomic E-state index is 0.0165. The van der Waals surface area contributed by atoms with Crippen molar-refractivity contribution in [2.75, 3.05) is 13.7 Å². The summed E-state index contributed by atoms with van der Waals surface area (Å²) in [6, 6.07) is 19.8. The zero-order valence-electron chi connectivity index (χ0n) is 21.9. The molecule has 0 radical (unpaired) electrons. The van der Waals surface area contributed by atoms with Crippen molar-refractivity contribution in [3.63, 3.8) is 0 Å². The Balaban J connectivity index is 1.33. The van der Waals surface area contributed by atoms with Crippen LogP contribution in [0.3, 0.4) is 0 Å². The van der Waals surface area contributed by atoms with Crippen LogP contribution in [0.2, 0.25) is 0 Å². The summed E-state index contributed by atoms with van der Waals surface area (Å²) >= 11 is 0. The molecule has 1 amide bonds. The second-order valence-electron chi connectivity index (χ2n) is 9.55. The predicted octanol–water partition coefficient (Wildman–Crippen LogP) is 4.19. The molecule has 0 saturated carbocycles. The number of aromatic nitrogens is 6. The molecule has 0 atom stereocenters. The van der Waals surface area contributed by atoms with Crippen LogP contribution in [0.25, 0.3) is 28.5 Å². The van der Waals surface area contributed by atoms with E-state index in [1.807, 2.05) is 95.8 Å². The minimum absolute atomic E-state index is 0.0165. The zero-order valence-corrected chi connectivity index (χ0v) is 21.9. The van der Waals surface area contributed by atoms with Crippen molar-refractivity contribution in [1.29, 1.82) is 0 Å². The molecule has 4 heterocycles. The second kappa shape index (κ2) is 9.33. The molecule has 0 saturated heterocycles. The molecule has 38 heavy (non-hydrogen) atoms. The van der Waals surface area contributed by atoms with E-state index in [9.17, 15) is 4.79 Å². The van der Waals surface area contributed by atoms with Crippen molar-refractivity contribution in [3.8, 4) is 34.2 Å². The molecule has 0 N–H and O–H groups in total. The maximum atomic E-state index is 13.9. The Kier molecular flexibility index (Phi) is 5.83. The molecule has 5 aromatic rings. The molecule has 9 heteroatoms. The van der Waals surface area contributed by atoms with Crippen molar-refractivity contribution in [1.82, 2.24) is 34.0 Å². The van der Waals surface area contributed by atoms with Gasteiger partial charge in [0.25, 0.3) is 5.91 Å². The molecule has 0 bridgehead atoms. The quantitative estimate of drug-likeness (QED) is 0.356. The topological polar surface area (TPSA) is 83.0 Å². The molecule has 9 nitrogen and oxygen atoms in total. The molecular formula is C29H29N7O2. The van der Waals surface area contributed by atoms with Gasteiger partial charge in [-0.2, -0.15) is 5.10 Å². The number of carbonyl (C=O) groups excluding carboxylic acids is 1. The molecule has 192 valence electrons. The number of hydrogen-bond donors (Lipinski definition) is 0. The highest BCUT2D eigenvalue weighted by Gasteiger charge is 2.31. The van der Waals surface area contributed by atoms with E-state index in [1.165, 1.54) is 0 Å². The molecule has 6 rings (SSSR count). The SMILES string of the molecule is COc1ccc(-c2cc(C(=O)N3CCc4c(c(-c5nncn5-c5ccccc5)nn4C)C3)c(C)n2C)cc1. The third-order valence-corrected chi connectivity index (χ3v) is 7.47. The van der Waals surface area contributed by atoms with E-state index in [4.69, 9.17) is 9.84 Å². The van der Waals surface area contributed by atoms with Gasteiger partial charge >= 0.3 is 0 Å². The van der Waals surface area contributed by atoms with E-state index in [1.54, 1.807) is 13.4 Å². The minimum Gasteiger partial charge on any atom is -0.497 e. The Hall–Kier alpha value is -4.66. The maximum absolute atomic E-state index is 13.9. The number of carbonyl (C=O) groups is 1. The maximum Gasteiger partial charge on any atom is 0.256 e. The summed E-state index contributed by atoms with van der Waals surface area (Å²) in [7, 11) is 5.60. The van der Waals surface area contributed by atoms with E-state index in [2.05, 4.69) is 14.8 Å². The first-order valence-corrected chi connectivity index (χ1v) is 12.6. The molecular weight excluding hydrogens is 478 g/mol. The van der Waals surface area contributed by atoms with Gasteiger partial charge in [0, 0.05) is 55.4 Å². The molecule has 1 aliphatic rings. The van der Waals surface area contributed by atoms with Gasteiger partial charge in [0.1, 0.15) is 17.8 Å². The molecule has 0 aliphatic carbocycles. The van der Waals surface area contributed by atoms with E-state index in [0.29, 0.717) is 24.5 Å². The third kappa shape index (κ3) is 3.87. The number of hydrogen-bond acceptors (Lipinski definition) is 5. The number of aryl methyl sites for hydroxylation is 1. The summed E-state index contributed by atoms with van der Waals surface area (Å²) in [6.07, 6.45) is 2.42. The van der Waals surface area contributed by atoms with Gasteiger partial charge in [-0.15, -0.1) is 10.2 Å². The van der Waals surface area contributed by atoms with Crippen LogP contribution in [0.4, 0.5) is 0 Å². The van der Waals surface area contributed by atoms with E-state index >= 15 is 0 Å². The highest BCUT2D eigenvalue weighted by Crippen LogP contribution is 2.32. The van der Waals surface area contributed by atoms with Crippen molar-refractivity contribution in [2.45, 2.75) is 19.9 Å². The smallest absolute Gasteiger partial charge is 0.256 e. The van der Waals surface area contributed by atoms with Crippen molar-refractivity contribution < 1.29 is 9.53 Å².